The molecule has 3 rings (SSSR count). The Kier molecular flexibility index (Phi) is 6.23. The number of carbonyl (C=O) groups is 1. The molecule has 1 heterocycles. The van der Waals surface area contributed by atoms with E-state index in [1.54, 1.807) is 30.3 Å². The second kappa shape index (κ2) is 8.81. The number of methoxy groups -OCH3 is 3. The average molecular weight is 390 g/mol. The van der Waals surface area contributed by atoms with Gasteiger partial charge in [-0.05, 0) is 30.3 Å². The van der Waals surface area contributed by atoms with Crippen molar-refractivity contribution in [2.75, 3.05) is 34.7 Å². The zero-order valence-corrected chi connectivity index (χ0v) is 15.8. The topological polar surface area (TPSA) is 92.7 Å². The third kappa shape index (κ3) is 3.83. The molecule has 0 fully saturated rings. The standard InChI is InChI=1S/C20H22O8/c1-23-11-26-20-16(24-2)7-13(8-17(20)25-3)19-18(10-22)27-14-5-4-12(9-21)6-15(14)28-19/h4-9,18-19,22H,10-11H2,1-3H3/t18-,19-/m1/s1. The van der Waals surface area contributed by atoms with Crippen molar-refractivity contribution >= 4 is 6.29 Å². The molecule has 0 aromatic heterocycles. The van der Waals surface area contributed by atoms with Crippen LogP contribution in [-0.4, -0.2) is 52.2 Å². The molecule has 8 heteroatoms. The number of fused-ring (bicyclic) bond motifs is 1. The van der Waals surface area contributed by atoms with Crippen molar-refractivity contribution in [3.05, 3.63) is 41.5 Å². The maximum atomic E-state index is 11.1. The van der Waals surface area contributed by atoms with Gasteiger partial charge in [-0.15, -0.1) is 0 Å². The molecule has 1 aliphatic rings. The second-order valence-corrected chi connectivity index (χ2v) is 6.01. The summed E-state index contributed by atoms with van der Waals surface area (Å²) in [5.41, 5.74) is 1.11. The molecule has 0 saturated carbocycles. The SMILES string of the molecule is COCOc1c(OC)cc([C@H]2Oc3cc(C=O)ccc3O[C@@H]2CO)cc1OC. The molecule has 1 aliphatic heterocycles. The van der Waals surface area contributed by atoms with Gasteiger partial charge in [-0.25, -0.2) is 0 Å². The third-order valence-electron chi connectivity index (χ3n) is 4.29. The number of hydrogen-bond acceptors (Lipinski definition) is 8. The van der Waals surface area contributed by atoms with Gasteiger partial charge in [0.15, 0.2) is 42.0 Å². The number of aliphatic hydroxyl groups excluding tert-OH is 1. The minimum atomic E-state index is -0.658. The molecule has 28 heavy (non-hydrogen) atoms. The van der Waals surface area contributed by atoms with Crippen molar-refractivity contribution in [3.8, 4) is 28.7 Å². The summed E-state index contributed by atoms with van der Waals surface area (Å²) in [5, 5.41) is 9.81. The summed E-state index contributed by atoms with van der Waals surface area (Å²) in [4.78, 5) is 11.1. The first-order chi connectivity index (χ1) is 13.6. The van der Waals surface area contributed by atoms with E-state index >= 15 is 0 Å². The lowest BCUT2D eigenvalue weighted by atomic mass is 10.0. The molecule has 0 saturated heterocycles. The van der Waals surface area contributed by atoms with Gasteiger partial charge in [0.1, 0.15) is 6.29 Å². The Labute approximate surface area is 162 Å². The first kappa shape index (κ1) is 19.8. The van der Waals surface area contributed by atoms with E-state index in [0.29, 0.717) is 39.9 Å². The van der Waals surface area contributed by atoms with Gasteiger partial charge in [0, 0.05) is 18.2 Å². The van der Waals surface area contributed by atoms with Crippen LogP contribution in [0, 0.1) is 0 Å². The normalized spacial score (nSPS) is 17.7. The number of aliphatic hydroxyl groups is 1. The smallest absolute Gasteiger partial charge is 0.206 e. The maximum Gasteiger partial charge on any atom is 0.206 e. The molecule has 2 aromatic carbocycles. The monoisotopic (exact) mass is 390 g/mol. The van der Waals surface area contributed by atoms with Crippen LogP contribution in [0.2, 0.25) is 0 Å². The van der Waals surface area contributed by atoms with E-state index in [1.165, 1.54) is 21.3 Å². The van der Waals surface area contributed by atoms with E-state index in [0.717, 1.165) is 6.29 Å². The Balaban J connectivity index is 2.01. The quantitative estimate of drug-likeness (QED) is 0.543. The minimum Gasteiger partial charge on any atom is -0.493 e. The highest BCUT2D eigenvalue weighted by Crippen LogP contribution is 2.44. The summed E-state index contributed by atoms with van der Waals surface area (Å²) >= 11 is 0. The van der Waals surface area contributed by atoms with Crippen molar-refractivity contribution in [3.63, 3.8) is 0 Å². The van der Waals surface area contributed by atoms with E-state index in [4.69, 9.17) is 28.4 Å². The summed E-state index contributed by atoms with van der Waals surface area (Å²) in [6.07, 6.45) is -0.585. The van der Waals surface area contributed by atoms with Crippen LogP contribution in [0.1, 0.15) is 22.0 Å². The number of benzene rings is 2. The molecule has 2 atom stereocenters. The van der Waals surface area contributed by atoms with Crippen molar-refractivity contribution in [2.24, 2.45) is 0 Å². The summed E-state index contributed by atoms with van der Waals surface area (Å²) < 4.78 is 33.3. The highest BCUT2D eigenvalue weighted by atomic mass is 16.7. The molecule has 0 radical (unpaired) electrons. The molecule has 8 nitrogen and oxygen atoms in total. The Morgan fingerprint density at radius 1 is 1.04 bits per heavy atom. The fourth-order valence-electron chi connectivity index (χ4n) is 2.97. The molecular weight excluding hydrogens is 368 g/mol. The van der Waals surface area contributed by atoms with Crippen LogP contribution in [0.5, 0.6) is 28.7 Å². The first-order valence-corrected chi connectivity index (χ1v) is 8.56. The summed E-state index contributed by atoms with van der Waals surface area (Å²) in [7, 11) is 4.52. The van der Waals surface area contributed by atoms with Gasteiger partial charge in [-0.3, -0.25) is 4.79 Å². The van der Waals surface area contributed by atoms with Gasteiger partial charge in [0.25, 0.3) is 0 Å². The van der Waals surface area contributed by atoms with E-state index in [-0.39, 0.29) is 13.4 Å². The molecule has 0 unspecified atom stereocenters. The van der Waals surface area contributed by atoms with Gasteiger partial charge in [-0.2, -0.15) is 0 Å². The number of aldehydes is 1. The molecular formula is C20H22O8. The number of carbonyl (C=O) groups excluding carboxylic acids is 1. The van der Waals surface area contributed by atoms with Crippen molar-refractivity contribution in [2.45, 2.75) is 12.2 Å². The fraction of sp³-hybridized carbons (Fsp3) is 0.350. The Morgan fingerprint density at radius 2 is 1.75 bits per heavy atom. The molecule has 1 N–H and O–H groups in total. The predicted octanol–water partition coefficient (Wildman–Crippen LogP) is 2.37. The Hall–Kier alpha value is -2.97. The van der Waals surface area contributed by atoms with Crippen LogP contribution >= 0.6 is 0 Å². The zero-order valence-electron chi connectivity index (χ0n) is 15.8. The van der Waals surface area contributed by atoms with E-state index in [2.05, 4.69) is 0 Å². The van der Waals surface area contributed by atoms with Gasteiger partial charge in [0.2, 0.25) is 5.75 Å². The van der Waals surface area contributed by atoms with Crippen molar-refractivity contribution < 1.29 is 38.3 Å². The molecule has 0 amide bonds. The molecule has 0 bridgehead atoms. The van der Waals surface area contributed by atoms with Gasteiger partial charge in [0.05, 0.1) is 20.8 Å². The largest absolute Gasteiger partial charge is 0.493 e. The molecule has 2 aromatic rings. The molecule has 0 spiro atoms. The van der Waals surface area contributed by atoms with Crippen LogP contribution in [-0.2, 0) is 4.74 Å². The number of ether oxygens (including phenoxy) is 6. The lowest BCUT2D eigenvalue weighted by Gasteiger charge is -2.33. The first-order valence-electron chi connectivity index (χ1n) is 8.56. The van der Waals surface area contributed by atoms with Crippen molar-refractivity contribution in [1.29, 1.82) is 0 Å². The second-order valence-electron chi connectivity index (χ2n) is 6.01. The van der Waals surface area contributed by atoms with Crippen LogP contribution in [0.15, 0.2) is 30.3 Å². The lowest BCUT2D eigenvalue weighted by molar-refractivity contribution is -0.0126. The Morgan fingerprint density at radius 3 is 2.32 bits per heavy atom. The highest BCUT2D eigenvalue weighted by molar-refractivity contribution is 5.76. The molecule has 150 valence electrons. The number of hydrogen-bond donors (Lipinski definition) is 1. The summed E-state index contributed by atoms with van der Waals surface area (Å²) in [6, 6.07) is 8.30. The van der Waals surface area contributed by atoms with E-state index in [1.807, 2.05) is 0 Å². The summed E-state index contributed by atoms with van der Waals surface area (Å²) in [5.74, 6) is 2.09. The fourth-order valence-corrected chi connectivity index (χ4v) is 2.97. The minimum absolute atomic E-state index is 0.0240. The molecule has 0 aliphatic carbocycles. The third-order valence-corrected chi connectivity index (χ3v) is 4.29. The average Bonchev–Trinajstić information content (AvgIpc) is 2.75. The highest BCUT2D eigenvalue weighted by Gasteiger charge is 2.34. The van der Waals surface area contributed by atoms with Crippen LogP contribution in [0.25, 0.3) is 0 Å². The van der Waals surface area contributed by atoms with E-state index in [9.17, 15) is 9.90 Å². The van der Waals surface area contributed by atoms with Crippen LogP contribution in [0.4, 0.5) is 0 Å². The van der Waals surface area contributed by atoms with Crippen LogP contribution < -0.4 is 23.7 Å². The van der Waals surface area contributed by atoms with Gasteiger partial charge < -0.3 is 33.5 Å². The van der Waals surface area contributed by atoms with Crippen LogP contribution in [0.3, 0.4) is 0 Å². The van der Waals surface area contributed by atoms with E-state index < -0.39 is 12.2 Å². The number of rotatable bonds is 8. The summed E-state index contributed by atoms with van der Waals surface area (Å²) in [6.45, 7) is -0.248. The van der Waals surface area contributed by atoms with Gasteiger partial charge >= 0.3 is 0 Å². The van der Waals surface area contributed by atoms with Crippen molar-refractivity contribution in [1.82, 2.24) is 0 Å². The maximum absolute atomic E-state index is 11.1. The lowest BCUT2D eigenvalue weighted by Crippen LogP contribution is -2.36. The van der Waals surface area contributed by atoms with Gasteiger partial charge in [-0.1, -0.05) is 0 Å². The predicted molar refractivity (Wildman–Crippen MR) is 98.8 cm³/mol. The zero-order chi connectivity index (χ0) is 20.1. The Bertz CT molecular complexity index is 810.